The number of nitrogens with zero attached hydrogens (tertiary/aromatic N) is 3. The van der Waals surface area contributed by atoms with Gasteiger partial charge in [0.15, 0.2) is 0 Å². The first kappa shape index (κ1) is 23.8. The van der Waals surface area contributed by atoms with E-state index in [0.29, 0.717) is 48.2 Å². The van der Waals surface area contributed by atoms with E-state index < -0.39 is 23.8 Å². The molecule has 1 amide bonds. The third-order valence-electron chi connectivity index (χ3n) is 6.65. The normalized spacial score (nSPS) is 15.7. The van der Waals surface area contributed by atoms with Crippen molar-refractivity contribution in [3.63, 3.8) is 0 Å². The summed E-state index contributed by atoms with van der Waals surface area (Å²) in [5.74, 6) is -0.900. The first-order valence-electron chi connectivity index (χ1n) is 11.3. The van der Waals surface area contributed by atoms with E-state index in [1.54, 1.807) is 38.1 Å². The van der Waals surface area contributed by atoms with Crippen LogP contribution in [0.5, 0.6) is 0 Å². The van der Waals surface area contributed by atoms with Crippen molar-refractivity contribution in [3.05, 3.63) is 69.4 Å². The zero-order valence-electron chi connectivity index (χ0n) is 19.3. The van der Waals surface area contributed by atoms with E-state index in [0.717, 1.165) is 6.07 Å². The zero-order chi connectivity index (χ0) is 24.6. The van der Waals surface area contributed by atoms with Crippen LogP contribution in [0, 0.1) is 5.82 Å². The van der Waals surface area contributed by atoms with Gasteiger partial charge in [0.25, 0.3) is 12.0 Å². The van der Waals surface area contributed by atoms with Crippen LogP contribution >= 0.6 is 0 Å². The van der Waals surface area contributed by atoms with E-state index >= 15 is 0 Å². The van der Waals surface area contributed by atoms with Crippen molar-refractivity contribution in [2.24, 2.45) is 7.05 Å². The van der Waals surface area contributed by atoms with Gasteiger partial charge < -0.3 is 10.2 Å². The monoisotopic (exact) mass is 472 g/mol. The van der Waals surface area contributed by atoms with Gasteiger partial charge in [0.1, 0.15) is 11.5 Å². The highest BCUT2D eigenvalue weighted by Crippen LogP contribution is 2.33. The number of likely N-dealkylation sites (tertiary alicyclic amines) is 1. The molecule has 1 fully saturated rings. The molecule has 1 aromatic carbocycles. The molecular weight excluding hydrogens is 445 g/mol. The summed E-state index contributed by atoms with van der Waals surface area (Å²) < 4.78 is 42.5. The fourth-order valence-corrected chi connectivity index (χ4v) is 4.68. The maximum absolute atomic E-state index is 14.7. The minimum atomic E-state index is -2.90. The van der Waals surface area contributed by atoms with Gasteiger partial charge in [-0.1, -0.05) is 18.2 Å². The van der Waals surface area contributed by atoms with Crippen LogP contribution in [0.3, 0.4) is 0 Å². The van der Waals surface area contributed by atoms with Gasteiger partial charge in [-0.25, -0.2) is 18.2 Å². The van der Waals surface area contributed by atoms with Gasteiger partial charge in [-0.2, -0.15) is 0 Å². The number of benzene rings is 1. The predicted octanol–water partition coefficient (Wildman–Crippen LogP) is 4.91. The van der Waals surface area contributed by atoms with Crippen molar-refractivity contribution in [2.45, 2.75) is 45.1 Å². The van der Waals surface area contributed by atoms with Crippen LogP contribution in [0.4, 0.5) is 18.9 Å². The van der Waals surface area contributed by atoms with Gasteiger partial charge in [-0.3, -0.25) is 14.2 Å². The Morgan fingerprint density at radius 3 is 2.50 bits per heavy atom. The van der Waals surface area contributed by atoms with Gasteiger partial charge in [0, 0.05) is 55.5 Å². The molecule has 0 saturated carbocycles. The van der Waals surface area contributed by atoms with E-state index in [9.17, 15) is 22.8 Å². The molecule has 0 radical (unpaired) electrons. The average Bonchev–Trinajstić information content (AvgIpc) is 2.81. The Bertz CT molecular complexity index is 1280. The smallest absolute Gasteiger partial charge is 0.266 e. The summed E-state index contributed by atoms with van der Waals surface area (Å²) in [7, 11) is 1.66. The fraction of sp³-hybridized carbons (Fsp3) is 0.400. The minimum Gasteiger partial charge on any atom is -0.378 e. The van der Waals surface area contributed by atoms with Crippen LogP contribution in [-0.2, 0) is 11.8 Å². The highest BCUT2D eigenvalue weighted by atomic mass is 19.3. The Kier molecular flexibility index (Phi) is 6.63. The first-order chi connectivity index (χ1) is 16.2. The first-order valence-corrected chi connectivity index (χ1v) is 11.3. The van der Waals surface area contributed by atoms with E-state index in [1.807, 2.05) is 6.07 Å². The number of aryl methyl sites for hydroxylation is 1. The number of pyridine rings is 2. The maximum atomic E-state index is 14.7. The molecule has 6 nitrogen and oxygen atoms in total. The van der Waals surface area contributed by atoms with Crippen LogP contribution in [0.25, 0.3) is 11.0 Å². The second kappa shape index (κ2) is 9.48. The quantitative estimate of drug-likeness (QED) is 0.573. The number of nitrogens with one attached hydrogen (secondary N) is 1. The number of amides is 1. The van der Waals surface area contributed by atoms with Crippen LogP contribution in [0.15, 0.2) is 41.3 Å². The van der Waals surface area contributed by atoms with Gasteiger partial charge >= 0.3 is 0 Å². The molecule has 3 heterocycles. The lowest BCUT2D eigenvalue weighted by Crippen LogP contribution is -2.38. The maximum Gasteiger partial charge on any atom is 0.266 e. The number of carbonyl (C=O) groups excluding carboxylic acids is 1. The SMILES string of the molecule is CC(=O)N1CCC(c2cc3c(N[C@H](C)c4cccc(C(F)F)c4F)ccnc3n(C)c2=O)CC1. The number of carbonyl (C=O) groups is 1. The van der Waals surface area contributed by atoms with Crippen LogP contribution in [0.2, 0.25) is 0 Å². The molecule has 34 heavy (non-hydrogen) atoms. The number of halogens is 3. The van der Waals surface area contributed by atoms with E-state index in [4.69, 9.17) is 0 Å². The van der Waals surface area contributed by atoms with E-state index in [1.165, 1.54) is 16.7 Å². The van der Waals surface area contributed by atoms with Crippen molar-refractivity contribution >= 4 is 22.6 Å². The summed E-state index contributed by atoms with van der Waals surface area (Å²) in [4.78, 5) is 30.9. The lowest BCUT2D eigenvalue weighted by molar-refractivity contribution is -0.129. The minimum absolute atomic E-state index is 0.00403. The number of piperidine rings is 1. The van der Waals surface area contributed by atoms with Crippen LogP contribution in [-0.4, -0.2) is 33.4 Å². The molecule has 1 aliphatic rings. The predicted molar refractivity (Wildman–Crippen MR) is 125 cm³/mol. The summed E-state index contributed by atoms with van der Waals surface area (Å²) in [6.07, 6.45) is 0.0188. The van der Waals surface area contributed by atoms with Gasteiger partial charge in [-0.05, 0) is 37.8 Å². The van der Waals surface area contributed by atoms with Crippen molar-refractivity contribution in [3.8, 4) is 0 Å². The topological polar surface area (TPSA) is 67.2 Å². The number of anilines is 1. The molecule has 4 rings (SSSR count). The molecule has 9 heteroatoms. The summed E-state index contributed by atoms with van der Waals surface area (Å²) in [5, 5.41) is 3.90. The van der Waals surface area contributed by atoms with E-state index in [-0.39, 0.29) is 22.9 Å². The number of hydrogen-bond donors (Lipinski definition) is 1. The molecular formula is C25H27F3N4O2. The second-order valence-corrected chi connectivity index (χ2v) is 8.76. The standard InChI is InChI=1S/C25H27F3N4O2/c1-14(17-5-4-6-18(22(17)26)23(27)28)30-21-7-10-29-24-20(21)13-19(25(34)31(24)3)16-8-11-32(12-9-16)15(2)33/h4-7,10,13-14,16,23H,8-9,11-12H2,1-3H3,(H,29,30)/t14-/m1/s1. The Hall–Kier alpha value is -3.36. The van der Waals surface area contributed by atoms with Gasteiger partial charge in [0.2, 0.25) is 5.91 Å². The van der Waals surface area contributed by atoms with Crippen molar-refractivity contribution in [1.29, 1.82) is 0 Å². The Morgan fingerprint density at radius 2 is 1.85 bits per heavy atom. The van der Waals surface area contributed by atoms with Gasteiger partial charge in [-0.15, -0.1) is 0 Å². The third kappa shape index (κ3) is 4.38. The molecule has 1 atom stereocenters. The summed E-state index contributed by atoms with van der Waals surface area (Å²) in [6.45, 7) is 4.42. The highest BCUT2D eigenvalue weighted by Gasteiger charge is 2.26. The number of hydrogen-bond acceptors (Lipinski definition) is 4. The highest BCUT2D eigenvalue weighted by molar-refractivity contribution is 5.89. The van der Waals surface area contributed by atoms with E-state index in [2.05, 4.69) is 10.3 Å². The van der Waals surface area contributed by atoms with Crippen molar-refractivity contribution in [1.82, 2.24) is 14.5 Å². The fourth-order valence-electron chi connectivity index (χ4n) is 4.68. The summed E-state index contributed by atoms with van der Waals surface area (Å²) in [6, 6.07) is 6.91. The molecule has 2 aromatic heterocycles. The number of rotatable bonds is 5. The van der Waals surface area contributed by atoms with Crippen molar-refractivity contribution in [2.75, 3.05) is 18.4 Å². The molecule has 1 saturated heterocycles. The zero-order valence-corrected chi connectivity index (χ0v) is 19.3. The molecule has 180 valence electrons. The average molecular weight is 473 g/mol. The molecule has 1 N–H and O–H groups in total. The Morgan fingerprint density at radius 1 is 1.18 bits per heavy atom. The molecule has 0 aliphatic carbocycles. The third-order valence-corrected chi connectivity index (χ3v) is 6.65. The van der Waals surface area contributed by atoms with Gasteiger partial charge in [0.05, 0.1) is 11.6 Å². The van der Waals surface area contributed by atoms with Crippen molar-refractivity contribution < 1.29 is 18.0 Å². The second-order valence-electron chi connectivity index (χ2n) is 8.76. The molecule has 3 aromatic rings. The lowest BCUT2D eigenvalue weighted by atomic mass is 9.89. The number of alkyl halides is 2. The lowest BCUT2D eigenvalue weighted by Gasteiger charge is -2.31. The molecule has 0 unspecified atom stereocenters. The molecule has 0 bridgehead atoms. The number of aromatic nitrogens is 2. The van der Waals surface area contributed by atoms with Crippen LogP contribution in [0.1, 0.15) is 61.8 Å². The van der Waals surface area contributed by atoms with Crippen LogP contribution < -0.4 is 10.9 Å². The molecule has 0 spiro atoms. The summed E-state index contributed by atoms with van der Waals surface area (Å²) in [5.41, 5.74) is 1.10. The Labute approximate surface area is 195 Å². The Balaban J connectivity index is 1.70. The number of fused-ring (bicyclic) bond motifs is 1. The largest absolute Gasteiger partial charge is 0.378 e. The molecule has 1 aliphatic heterocycles. The summed E-state index contributed by atoms with van der Waals surface area (Å²) >= 11 is 0.